The molecule has 124 valence electrons. The van der Waals surface area contributed by atoms with Crippen molar-refractivity contribution in [2.45, 2.75) is 45.6 Å². The topological polar surface area (TPSA) is 36.4 Å². The van der Waals surface area contributed by atoms with E-state index in [1.54, 1.807) is 0 Å². The van der Waals surface area contributed by atoms with Gasteiger partial charge in [0.25, 0.3) is 0 Å². The summed E-state index contributed by atoms with van der Waals surface area (Å²) in [4.78, 5) is 22.3. The lowest BCUT2D eigenvalue weighted by Crippen LogP contribution is -2.48. The Labute approximate surface area is 138 Å². The number of rotatable bonds is 4. The first-order chi connectivity index (χ1) is 11.1. The maximum atomic E-state index is 13.1. The van der Waals surface area contributed by atoms with Crippen LogP contribution in [0, 0.1) is 18.3 Å². The minimum atomic E-state index is -0.100. The van der Waals surface area contributed by atoms with Gasteiger partial charge < -0.3 is 9.80 Å². The summed E-state index contributed by atoms with van der Waals surface area (Å²) in [5, 5.41) is 0. The summed E-state index contributed by atoms with van der Waals surface area (Å²) in [5.41, 5.74) is 1.94. The second-order valence-corrected chi connectivity index (χ2v) is 7.81. The lowest BCUT2D eigenvalue weighted by atomic mass is 9.78. The molecule has 4 nitrogen and oxygen atoms in total. The fourth-order valence-electron chi connectivity index (χ4n) is 4.35. The number of pyridine rings is 1. The average Bonchev–Trinajstić information content (AvgIpc) is 3.30. The van der Waals surface area contributed by atoms with Gasteiger partial charge in [0.2, 0.25) is 5.91 Å². The Kier molecular flexibility index (Phi) is 3.88. The van der Waals surface area contributed by atoms with Crippen molar-refractivity contribution in [3.8, 4) is 0 Å². The molecule has 0 N–H and O–H groups in total. The first-order valence-corrected chi connectivity index (χ1v) is 9.09. The Morgan fingerprint density at radius 2 is 2.13 bits per heavy atom. The van der Waals surface area contributed by atoms with E-state index in [-0.39, 0.29) is 5.41 Å². The van der Waals surface area contributed by atoms with E-state index in [0.29, 0.717) is 12.5 Å². The molecule has 4 rings (SSSR count). The lowest BCUT2D eigenvalue weighted by molar-refractivity contribution is -0.139. The van der Waals surface area contributed by atoms with Crippen LogP contribution in [0.1, 0.15) is 43.5 Å². The van der Waals surface area contributed by atoms with Gasteiger partial charge in [-0.2, -0.15) is 0 Å². The van der Waals surface area contributed by atoms with Crippen molar-refractivity contribution in [2.75, 3.05) is 26.2 Å². The van der Waals surface area contributed by atoms with Gasteiger partial charge in [-0.3, -0.25) is 9.78 Å². The summed E-state index contributed by atoms with van der Waals surface area (Å²) in [6.07, 6.45) is 6.06. The van der Waals surface area contributed by atoms with E-state index < -0.39 is 0 Å². The third kappa shape index (κ3) is 3.14. The second-order valence-electron chi connectivity index (χ2n) is 7.81. The van der Waals surface area contributed by atoms with E-state index in [0.717, 1.165) is 43.2 Å². The lowest BCUT2D eigenvalue weighted by Gasteiger charge is -2.39. The standard InChI is InChI=1S/C19H27N3O/c1-15-4-2-5-17(20-15)13-22-11-9-19(18(22)23)8-3-10-21(14-19)12-16-6-7-16/h2,4-5,16H,3,6-14H2,1H3/t19-/m0/s1. The number of hydrogen-bond acceptors (Lipinski definition) is 3. The minimum Gasteiger partial charge on any atom is -0.336 e. The average molecular weight is 313 g/mol. The number of hydrogen-bond donors (Lipinski definition) is 0. The van der Waals surface area contributed by atoms with E-state index in [4.69, 9.17) is 0 Å². The maximum Gasteiger partial charge on any atom is 0.230 e. The van der Waals surface area contributed by atoms with Gasteiger partial charge in [-0.1, -0.05) is 6.07 Å². The molecule has 3 fully saturated rings. The number of aryl methyl sites for hydroxylation is 1. The summed E-state index contributed by atoms with van der Waals surface area (Å²) >= 11 is 0. The molecule has 2 aliphatic heterocycles. The molecular weight excluding hydrogens is 286 g/mol. The number of amides is 1. The molecule has 3 aliphatic rings. The van der Waals surface area contributed by atoms with Gasteiger partial charge in [0.1, 0.15) is 0 Å². The van der Waals surface area contributed by atoms with Crippen molar-refractivity contribution in [1.29, 1.82) is 0 Å². The predicted molar refractivity (Wildman–Crippen MR) is 89.8 cm³/mol. The van der Waals surface area contributed by atoms with Gasteiger partial charge in [-0.25, -0.2) is 0 Å². The van der Waals surface area contributed by atoms with Crippen LogP contribution in [0.5, 0.6) is 0 Å². The highest BCUT2D eigenvalue weighted by Gasteiger charge is 2.49. The quantitative estimate of drug-likeness (QED) is 0.857. The Balaban J connectivity index is 1.43. The normalized spacial score (nSPS) is 28.7. The summed E-state index contributed by atoms with van der Waals surface area (Å²) in [7, 11) is 0. The monoisotopic (exact) mass is 313 g/mol. The van der Waals surface area contributed by atoms with Gasteiger partial charge in [0.05, 0.1) is 17.7 Å². The molecule has 3 heterocycles. The predicted octanol–water partition coefficient (Wildman–Crippen LogP) is 2.61. The molecule has 1 aliphatic carbocycles. The van der Waals surface area contributed by atoms with E-state index in [1.165, 1.54) is 32.4 Å². The highest BCUT2D eigenvalue weighted by atomic mass is 16.2. The second kappa shape index (κ2) is 5.90. The molecule has 2 saturated heterocycles. The van der Waals surface area contributed by atoms with Crippen molar-refractivity contribution >= 4 is 5.91 Å². The number of carbonyl (C=O) groups excluding carboxylic acids is 1. The summed E-state index contributed by atoms with van der Waals surface area (Å²) in [6.45, 7) is 6.96. The third-order valence-electron chi connectivity index (χ3n) is 5.77. The molecule has 1 spiro atoms. The number of carbonyl (C=O) groups is 1. The molecule has 0 radical (unpaired) electrons. The van der Waals surface area contributed by atoms with Crippen molar-refractivity contribution in [3.63, 3.8) is 0 Å². The molecule has 1 amide bonds. The zero-order chi connectivity index (χ0) is 15.9. The minimum absolute atomic E-state index is 0.100. The zero-order valence-electron chi connectivity index (χ0n) is 14.1. The van der Waals surface area contributed by atoms with Crippen LogP contribution in [-0.2, 0) is 11.3 Å². The molecule has 0 aromatic carbocycles. The van der Waals surface area contributed by atoms with E-state index in [9.17, 15) is 4.79 Å². The Hall–Kier alpha value is -1.42. The van der Waals surface area contributed by atoms with Gasteiger partial charge in [-0.15, -0.1) is 0 Å². The highest BCUT2D eigenvalue weighted by Crippen LogP contribution is 2.41. The molecule has 1 saturated carbocycles. The molecule has 0 unspecified atom stereocenters. The van der Waals surface area contributed by atoms with Gasteiger partial charge in [0, 0.05) is 25.3 Å². The number of likely N-dealkylation sites (tertiary alicyclic amines) is 2. The van der Waals surface area contributed by atoms with E-state index in [1.807, 2.05) is 30.0 Å². The molecule has 1 atom stereocenters. The third-order valence-corrected chi connectivity index (χ3v) is 5.77. The largest absolute Gasteiger partial charge is 0.336 e. The van der Waals surface area contributed by atoms with Crippen LogP contribution in [0.4, 0.5) is 0 Å². The van der Waals surface area contributed by atoms with E-state index >= 15 is 0 Å². The fourth-order valence-corrected chi connectivity index (χ4v) is 4.35. The maximum absolute atomic E-state index is 13.1. The van der Waals surface area contributed by atoms with Crippen molar-refractivity contribution in [1.82, 2.24) is 14.8 Å². The number of nitrogens with zero attached hydrogens (tertiary/aromatic N) is 3. The molecule has 4 heteroatoms. The molecular formula is C19H27N3O. The summed E-state index contributed by atoms with van der Waals surface area (Å²) < 4.78 is 0. The first kappa shape index (κ1) is 15.1. The fraction of sp³-hybridized carbons (Fsp3) is 0.684. The number of aromatic nitrogens is 1. The van der Waals surface area contributed by atoms with Crippen molar-refractivity contribution in [2.24, 2.45) is 11.3 Å². The van der Waals surface area contributed by atoms with Gasteiger partial charge in [-0.05, 0) is 63.6 Å². The number of piperidine rings is 1. The van der Waals surface area contributed by atoms with Gasteiger partial charge in [0.15, 0.2) is 0 Å². The molecule has 1 aromatic heterocycles. The van der Waals surface area contributed by atoms with Crippen LogP contribution < -0.4 is 0 Å². The van der Waals surface area contributed by atoms with Crippen LogP contribution >= 0.6 is 0 Å². The van der Waals surface area contributed by atoms with Crippen LogP contribution in [0.3, 0.4) is 0 Å². The Morgan fingerprint density at radius 1 is 1.26 bits per heavy atom. The first-order valence-electron chi connectivity index (χ1n) is 9.09. The SMILES string of the molecule is Cc1cccc(CN2CC[C@]3(CCCN(CC4CC4)C3)C2=O)n1. The van der Waals surface area contributed by atoms with E-state index in [2.05, 4.69) is 9.88 Å². The molecule has 1 aromatic rings. The highest BCUT2D eigenvalue weighted by molar-refractivity contribution is 5.85. The molecule has 0 bridgehead atoms. The van der Waals surface area contributed by atoms with Crippen LogP contribution in [0.25, 0.3) is 0 Å². The summed E-state index contributed by atoms with van der Waals surface area (Å²) in [5.74, 6) is 1.29. The zero-order valence-corrected chi connectivity index (χ0v) is 14.1. The van der Waals surface area contributed by atoms with Gasteiger partial charge >= 0.3 is 0 Å². The van der Waals surface area contributed by atoms with Crippen molar-refractivity contribution < 1.29 is 4.79 Å². The van der Waals surface area contributed by atoms with Crippen LogP contribution in [0.2, 0.25) is 0 Å². The van der Waals surface area contributed by atoms with Crippen LogP contribution in [0.15, 0.2) is 18.2 Å². The van der Waals surface area contributed by atoms with Crippen molar-refractivity contribution in [3.05, 3.63) is 29.6 Å². The van der Waals surface area contributed by atoms with Crippen LogP contribution in [-0.4, -0.2) is 46.9 Å². The smallest absolute Gasteiger partial charge is 0.230 e. The Morgan fingerprint density at radius 3 is 2.91 bits per heavy atom. The Bertz CT molecular complexity index is 598. The molecule has 23 heavy (non-hydrogen) atoms. The summed E-state index contributed by atoms with van der Waals surface area (Å²) in [6, 6.07) is 6.07.